The van der Waals surface area contributed by atoms with E-state index in [1.807, 2.05) is 0 Å². The third-order valence-corrected chi connectivity index (χ3v) is 1.97. The number of carbonyl (C=O) groups excluding carboxylic acids is 1. The Morgan fingerprint density at radius 3 is 1.69 bits per heavy atom. The lowest BCUT2D eigenvalue weighted by molar-refractivity contribution is -0.136. The van der Waals surface area contributed by atoms with Gasteiger partial charge in [-0.1, -0.05) is 34.8 Å². The van der Waals surface area contributed by atoms with Crippen LogP contribution in [-0.4, -0.2) is 5.97 Å². The van der Waals surface area contributed by atoms with Crippen LogP contribution in [-0.2, 0) is 9.53 Å². The zero-order valence-corrected chi connectivity index (χ0v) is 9.72. The molecule has 2 nitrogen and oxygen atoms in total. The van der Waals surface area contributed by atoms with E-state index in [0.29, 0.717) is 5.03 Å². The first-order chi connectivity index (χ1) is 5.86. The Hall–Kier alpha value is -0.180. The predicted octanol–water partition coefficient (Wildman–Crippen LogP) is 3.73. The van der Waals surface area contributed by atoms with Gasteiger partial charge in [0.15, 0.2) is 5.76 Å². The van der Waals surface area contributed by atoms with Crippen LogP contribution in [0.4, 0.5) is 0 Å². The maximum Gasteiger partial charge on any atom is 0.308 e. The molecule has 0 aliphatic heterocycles. The summed E-state index contributed by atoms with van der Waals surface area (Å²) in [7, 11) is 0. The van der Waals surface area contributed by atoms with Crippen molar-refractivity contribution in [3.05, 3.63) is 20.9 Å². The predicted molar refractivity (Wildman–Crippen MR) is 54.7 cm³/mol. The molecule has 0 aromatic rings. The molecule has 13 heavy (non-hydrogen) atoms. The zero-order chi connectivity index (χ0) is 10.6. The second-order valence-electron chi connectivity index (χ2n) is 2.30. The van der Waals surface area contributed by atoms with Gasteiger partial charge in [0.2, 0.25) is 0 Å². The van der Waals surface area contributed by atoms with Crippen LogP contribution in [0.1, 0.15) is 20.8 Å². The molecule has 0 N–H and O–H groups in total. The van der Waals surface area contributed by atoms with Crippen LogP contribution < -0.4 is 0 Å². The summed E-state index contributed by atoms with van der Waals surface area (Å²) in [5, 5.41) is 0.738. The molecule has 0 saturated heterocycles. The minimum atomic E-state index is -0.494. The fourth-order valence-electron chi connectivity index (χ4n) is 0.567. The van der Waals surface area contributed by atoms with Gasteiger partial charge in [-0.15, -0.1) is 0 Å². The van der Waals surface area contributed by atoms with E-state index in [9.17, 15) is 4.79 Å². The van der Waals surface area contributed by atoms with Gasteiger partial charge >= 0.3 is 5.97 Å². The highest BCUT2D eigenvalue weighted by Crippen LogP contribution is 2.26. The van der Waals surface area contributed by atoms with Gasteiger partial charge in [-0.05, 0) is 13.8 Å². The van der Waals surface area contributed by atoms with Crippen molar-refractivity contribution >= 4 is 40.8 Å². The molecule has 0 aromatic heterocycles. The van der Waals surface area contributed by atoms with E-state index in [1.54, 1.807) is 13.8 Å². The van der Waals surface area contributed by atoms with Crippen molar-refractivity contribution in [3.8, 4) is 0 Å². The maximum absolute atomic E-state index is 10.6. The van der Waals surface area contributed by atoms with E-state index in [0.717, 1.165) is 0 Å². The fraction of sp³-hybridized carbons (Fsp3) is 0.375. The minimum Gasteiger partial charge on any atom is -0.424 e. The number of hydrogen-bond acceptors (Lipinski definition) is 2. The zero-order valence-electron chi connectivity index (χ0n) is 7.45. The summed E-state index contributed by atoms with van der Waals surface area (Å²) in [5.74, 6) is -0.394. The third kappa shape index (κ3) is 4.55. The molecular weight excluding hydrogens is 234 g/mol. The first kappa shape index (κ1) is 12.8. The van der Waals surface area contributed by atoms with Gasteiger partial charge in [0.1, 0.15) is 0 Å². The Morgan fingerprint density at radius 2 is 1.46 bits per heavy atom. The van der Waals surface area contributed by atoms with E-state index < -0.39 is 5.97 Å². The summed E-state index contributed by atoms with van der Waals surface area (Å²) in [6, 6.07) is 0. The van der Waals surface area contributed by atoms with Crippen molar-refractivity contribution in [2.45, 2.75) is 20.8 Å². The number of ether oxygens (including phenoxy) is 1. The molecule has 0 bridgehead atoms. The van der Waals surface area contributed by atoms with Crippen molar-refractivity contribution in [2.24, 2.45) is 0 Å². The van der Waals surface area contributed by atoms with Crippen molar-refractivity contribution in [1.29, 1.82) is 0 Å². The SMILES string of the molecule is CC(=O)OC(=C(C)Cl)C(Cl)=C(C)Cl. The van der Waals surface area contributed by atoms with Crippen LogP contribution in [0.25, 0.3) is 0 Å². The number of esters is 1. The van der Waals surface area contributed by atoms with Crippen LogP contribution >= 0.6 is 34.8 Å². The quantitative estimate of drug-likeness (QED) is 0.420. The highest BCUT2D eigenvalue weighted by molar-refractivity contribution is 6.41. The van der Waals surface area contributed by atoms with E-state index >= 15 is 0 Å². The number of hydrogen-bond donors (Lipinski definition) is 0. The van der Waals surface area contributed by atoms with E-state index in [4.69, 9.17) is 39.5 Å². The maximum atomic E-state index is 10.6. The normalized spacial score (nSPS) is 14.6. The summed E-state index contributed by atoms with van der Waals surface area (Å²) in [6.45, 7) is 4.39. The Bertz CT molecular complexity index is 271. The number of carbonyl (C=O) groups is 1. The van der Waals surface area contributed by atoms with Crippen molar-refractivity contribution in [3.63, 3.8) is 0 Å². The number of rotatable bonds is 2. The van der Waals surface area contributed by atoms with Gasteiger partial charge in [0.05, 0.1) is 10.1 Å². The lowest BCUT2D eigenvalue weighted by Crippen LogP contribution is -2.00. The van der Waals surface area contributed by atoms with Gasteiger partial charge in [-0.2, -0.15) is 0 Å². The minimum absolute atomic E-state index is 0.100. The molecule has 74 valence electrons. The summed E-state index contributed by atoms with van der Waals surface area (Å²) in [6.07, 6.45) is 0. The largest absolute Gasteiger partial charge is 0.424 e. The molecule has 5 heteroatoms. The molecule has 0 aromatic carbocycles. The van der Waals surface area contributed by atoms with Crippen molar-refractivity contribution in [2.75, 3.05) is 0 Å². The smallest absolute Gasteiger partial charge is 0.308 e. The molecule has 0 saturated carbocycles. The number of halogens is 3. The average Bonchev–Trinajstić information content (AvgIpc) is 1.97. The van der Waals surface area contributed by atoms with Crippen LogP contribution in [0.5, 0.6) is 0 Å². The average molecular weight is 244 g/mol. The molecule has 0 atom stereocenters. The summed E-state index contributed by atoms with van der Waals surface area (Å²) >= 11 is 17.0. The molecular formula is C8H9Cl3O2. The van der Waals surface area contributed by atoms with Crippen molar-refractivity contribution in [1.82, 2.24) is 0 Å². The molecule has 0 aliphatic carbocycles. The topological polar surface area (TPSA) is 26.3 Å². The van der Waals surface area contributed by atoms with Gasteiger partial charge in [-0.3, -0.25) is 4.79 Å². The Kier molecular flexibility index (Phi) is 5.45. The standard InChI is InChI=1S/C8H9Cl3O2/c1-4(9)7(11)8(5(2)10)13-6(3)12/h1-3H3. The highest BCUT2D eigenvalue weighted by Gasteiger charge is 2.12. The lowest BCUT2D eigenvalue weighted by Gasteiger charge is -2.07. The first-order valence-electron chi connectivity index (χ1n) is 3.43. The lowest BCUT2D eigenvalue weighted by atomic mass is 10.4. The Morgan fingerprint density at radius 1 is 1.00 bits per heavy atom. The second-order valence-corrected chi connectivity index (χ2v) is 3.82. The molecule has 0 heterocycles. The van der Waals surface area contributed by atoms with Gasteiger partial charge in [0, 0.05) is 12.0 Å². The summed E-state index contributed by atoms with van der Waals surface area (Å²) in [5.41, 5.74) is 0. The molecule has 0 amide bonds. The second kappa shape index (κ2) is 5.53. The molecule has 0 aliphatic rings. The monoisotopic (exact) mass is 242 g/mol. The van der Waals surface area contributed by atoms with Crippen LogP contribution in [0.15, 0.2) is 20.9 Å². The summed E-state index contributed by atoms with van der Waals surface area (Å²) < 4.78 is 4.77. The van der Waals surface area contributed by atoms with Crippen LogP contribution in [0, 0.1) is 0 Å². The molecule has 0 spiro atoms. The van der Waals surface area contributed by atoms with E-state index in [2.05, 4.69) is 0 Å². The molecule has 0 radical (unpaired) electrons. The van der Waals surface area contributed by atoms with Gasteiger partial charge < -0.3 is 4.74 Å². The van der Waals surface area contributed by atoms with Crippen molar-refractivity contribution < 1.29 is 9.53 Å². The van der Waals surface area contributed by atoms with Crippen LogP contribution in [0.3, 0.4) is 0 Å². The summed E-state index contributed by atoms with van der Waals surface area (Å²) in [4.78, 5) is 10.6. The number of allylic oxidation sites excluding steroid dienone is 3. The third-order valence-electron chi connectivity index (χ3n) is 1.06. The van der Waals surface area contributed by atoms with Gasteiger partial charge in [0.25, 0.3) is 0 Å². The molecule has 0 fully saturated rings. The van der Waals surface area contributed by atoms with E-state index in [1.165, 1.54) is 6.92 Å². The van der Waals surface area contributed by atoms with Gasteiger partial charge in [-0.25, -0.2) is 0 Å². The molecule has 0 rings (SSSR count). The molecule has 0 unspecified atom stereocenters. The van der Waals surface area contributed by atoms with E-state index in [-0.39, 0.29) is 15.8 Å². The Labute approximate surface area is 92.1 Å². The highest BCUT2D eigenvalue weighted by atomic mass is 35.5. The Balaban J connectivity index is 4.98. The first-order valence-corrected chi connectivity index (χ1v) is 4.56. The van der Waals surface area contributed by atoms with Crippen LogP contribution in [0.2, 0.25) is 0 Å². The fourth-order valence-corrected chi connectivity index (χ4v) is 1.01.